The SMILES string of the molecule is O=CN1C(=O)[C@@H](Oc2ccccc2)[C@H]1c1ccccc1. The van der Waals surface area contributed by atoms with Gasteiger partial charge >= 0.3 is 0 Å². The van der Waals surface area contributed by atoms with Crippen LogP contribution in [0.5, 0.6) is 5.75 Å². The molecule has 1 heterocycles. The van der Waals surface area contributed by atoms with Crippen LogP contribution < -0.4 is 4.74 Å². The Balaban J connectivity index is 1.86. The Hall–Kier alpha value is -2.62. The Labute approximate surface area is 116 Å². The van der Waals surface area contributed by atoms with Gasteiger partial charge in [0.2, 0.25) is 12.5 Å². The van der Waals surface area contributed by atoms with Crippen molar-refractivity contribution in [1.82, 2.24) is 4.90 Å². The van der Waals surface area contributed by atoms with Gasteiger partial charge in [-0.15, -0.1) is 0 Å². The van der Waals surface area contributed by atoms with Crippen molar-refractivity contribution in [2.24, 2.45) is 0 Å². The number of likely N-dealkylation sites (tertiary alicyclic amines) is 1. The number of para-hydroxylation sites is 1. The summed E-state index contributed by atoms with van der Waals surface area (Å²) in [6.07, 6.45) is -0.0878. The van der Waals surface area contributed by atoms with Crippen molar-refractivity contribution in [3.05, 3.63) is 66.2 Å². The van der Waals surface area contributed by atoms with Crippen molar-refractivity contribution in [2.45, 2.75) is 12.1 Å². The van der Waals surface area contributed by atoms with Gasteiger partial charge in [0.05, 0.1) is 0 Å². The van der Waals surface area contributed by atoms with Crippen molar-refractivity contribution >= 4 is 12.3 Å². The summed E-state index contributed by atoms with van der Waals surface area (Å²) in [5, 5.41) is 0. The molecule has 0 unspecified atom stereocenters. The third-order valence-corrected chi connectivity index (χ3v) is 3.35. The first-order valence-corrected chi connectivity index (χ1v) is 6.35. The molecular weight excluding hydrogens is 254 g/mol. The minimum Gasteiger partial charge on any atom is -0.478 e. The van der Waals surface area contributed by atoms with Crippen molar-refractivity contribution in [3.8, 4) is 5.75 Å². The van der Waals surface area contributed by atoms with Crippen LogP contribution in [0.2, 0.25) is 0 Å². The van der Waals surface area contributed by atoms with Crippen molar-refractivity contribution in [1.29, 1.82) is 0 Å². The zero-order valence-corrected chi connectivity index (χ0v) is 10.7. The van der Waals surface area contributed by atoms with Gasteiger partial charge < -0.3 is 4.74 Å². The lowest BCUT2D eigenvalue weighted by Gasteiger charge is -2.43. The molecule has 3 rings (SSSR count). The maximum Gasteiger partial charge on any atom is 0.273 e. The number of nitrogens with zero attached hydrogens (tertiary/aromatic N) is 1. The number of amides is 2. The summed E-state index contributed by atoms with van der Waals surface area (Å²) in [6.45, 7) is 0. The molecule has 0 radical (unpaired) electrons. The molecule has 4 heteroatoms. The topological polar surface area (TPSA) is 46.6 Å². The van der Waals surface area contributed by atoms with E-state index in [-0.39, 0.29) is 11.9 Å². The van der Waals surface area contributed by atoms with Crippen LogP contribution in [0, 0.1) is 0 Å². The molecule has 0 aromatic heterocycles. The van der Waals surface area contributed by atoms with Gasteiger partial charge in [0.1, 0.15) is 11.8 Å². The van der Waals surface area contributed by atoms with E-state index in [4.69, 9.17) is 4.74 Å². The third kappa shape index (κ3) is 2.05. The molecule has 0 spiro atoms. The van der Waals surface area contributed by atoms with Crippen LogP contribution in [0.1, 0.15) is 11.6 Å². The zero-order chi connectivity index (χ0) is 13.9. The van der Waals surface area contributed by atoms with Crippen molar-refractivity contribution in [3.63, 3.8) is 0 Å². The summed E-state index contributed by atoms with van der Waals surface area (Å²) >= 11 is 0. The normalized spacial score (nSPS) is 21.2. The number of β-lactam (4-membered cyclic amide) rings is 1. The summed E-state index contributed by atoms with van der Waals surface area (Å²) in [5.41, 5.74) is 0.889. The molecule has 100 valence electrons. The predicted octanol–water partition coefficient (Wildman–Crippen LogP) is 2.17. The molecular formula is C16H13NO3. The fourth-order valence-corrected chi connectivity index (χ4v) is 2.35. The van der Waals surface area contributed by atoms with E-state index < -0.39 is 6.10 Å². The summed E-state index contributed by atoms with van der Waals surface area (Å²) < 4.78 is 5.71. The van der Waals surface area contributed by atoms with Crippen molar-refractivity contribution in [2.75, 3.05) is 0 Å². The fourth-order valence-electron chi connectivity index (χ4n) is 2.35. The van der Waals surface area contributed by atoms with Crippen LogP contribution >= 0.6 is 0 Å². The summed E-state index contributed by atoms with van der Waals surface area (Å²) in [4.78, 5) is 24.1. The maximum atomic E-state index is 12.0. The van der Waals surface area contributed by atoms with Gasteiger partial charge in [0, 0.05) is 0 Å². The number of carbonyl (C=O) groups is 2. The average molecular weight is 267 g/mol. The Morgan fingerprint density at radius 3 is 2.15 bits per heavy atom. The number of hydrogen-bond donors (Lipinski definition) is 0. The van der Waals surface area contributed by atoms with Gasteiger partial charge in [-0.1, -0.05) is 48.5 Å². The number of benzene rings is 2. The lowest BCUT2D eigenvalue weighted by Crippen LogP contribution is -2.60. The highest BCUT2D eigenvalue weighted by Gasteiger charge is 2.50. The van der Waals surface area contributed by atoms with Crippen molar-refractivity contribution < 1.29 is 14.3 Å². The Kier molecular flexibility index (Phi) is 3.21. The molecule has 4 nitrogen and oxygen atoms in total. The smallest absolute Gasteiger partial charge is 0.273 e. The third-order valence-electron chi connectivity index (χ3n) is 3.35. The molecule has 2 amide bonds. The van der Waals surface area contributed by atoms with E-state index >= 15 is 0 Å². The molecule has 20 heavy (non-hydrogen) atoms. The largest absolute Gasteiger partial charge is 0.478 e. The summed E-state index contributed by atoms with van der Waals surface area (Å²) in [7, 11) is 0. The van der Waals surface area contributed by atoms with E-state index in [1.54, 1.807) is 12.1 Å². The first kappa shape index (κ1) is 12.4. The highest BCUT2D eigenvalue weighted by atomic mass is 16.5. The van der Waals surface area contributed by atoms with Crippen LogP contribution in [0.3, 0.4) is 0 Å². The molecule has 1 saturated heterocycles. The van der Waals surface area contributed by atoms with Crippen LogP contribution in [0.15, 0.2) is 60.7 Å². The molecule has 0 saturated carbocycles. The summed E-state index contributed by atoms with van der Waals surface area (Å²) in [5.74, 6) is 0.315. The molecule has 1 aliphatic rings. The second-order valence-corrected chi connectivity index (χ2v) is 4.56. The standard InChI is InChI=1S/C16H13NO3/c18-11-17-14(12-7-3-1-4-8-12)15(16(17)19)20-13-9-5-2-6-10-13/h1-11,14-15H/t14-,15+/m1/s1. The highest BCUT2D eigenvalue weighted by molar-refractivity contribution is 5.97. The molecule has 1 aliphatic heterocycles. The van der Waals surface area contributed by atoms with E-state index in [1.165, 1.54) is 4.90 Å². The van der Waals surface area contributed by atoms with Gasteiger partial charge in [-0.2, -0.15) is 0 Å². The Morgan fingerprint density at radius 1 is 0.950 bits per heavy atom. The predicted molar refractivity (Wildman–Crippen MR) is 73.0 cm³/mol. The van der Waals surface area contributed by atoms with Gasteiger partial charge in [0.15, 0.2) is 0 Å². The molecule has 0 aliphatic carbocycles. The second kappa shape index (κ2) is 5.17. The minimum absolute atomic E-state index is 0.308. The van der Waals surface area contributed by atoms with Crippen LogP contribution in [0.4, 0.5) is 0 Å². The summed E-state index contributed by atoms with van der Waals surface area (Å²) in [6, 6.07) is 18.2. The number of rotatable bonds is 4. The first-order chi connectivity index (χ1) is 9.81. The lowest BCUT2D eigenvalue weighted by molar-refractivity contribution is -0.166. The van der Waals surface area contributed by atoms with E-state index in [1.807, 2.05) is 48.5 Å². The monoisotopic (exact) mass is 267 g/mol. The van der Waals surface area contributed by atoms with Crippen LogP contribution in [-0.2, 0) is 9.59 Å². The molecule has 2 aromatic rings. The average Bonchev–Trinajstić information content (AvgIpc) is 2.51. The quantitative estimate of drug-likeness (QED) is 0.630. The van der Waals surface area contributed by atoms with Gasteiger partial charge in [0.25, 0.3) is 5.91 Å². The molecule has 1 fully saturated rings. The van der Waals surface area contributed by atoms with E-state index in [0.717, 1.165) is 5.56 Å². The van der Waals surface area contributed by atoms with E-state index in [0.29, 0.717) is 12.2 Å². The second-order valence-electron chi connectivity index (χ2n) is 4.56. The Bertz CT molecular complexity index is 612. The van der Waals surface area contributed by atoms with E-state index in [2.05, 4.69) is 0 Å². The molecule has 0 N–H and O–H groups in total. The van der Waals surface area contributed by atoms with Gasteiger partial charge in [-0.3, -0.25) is 14.5 Å². The minimum atomic E-state index is -0.648. The van der Waals surface area contributed by atoms with E-state index in [9.17, 15) is 9.59 Å². The molecule has 2 aromatic carbocycles. The zero-order valence-electron chi connectivity index (χ0n) is 10.7. The Morgan fingerprint density at radius 2 is 1.55 bits per heavy atom. The van der Waals surface area contributed by atoms with Gasteiger partial charge in [-0.05, 0) is 17.7 Å². The molecule has 2 atom stereocenters. The first-order valence-electron chi connectivity index (χ1n) is 6.35. The molecule has 0 bridgehead atoms. The number of imide groups is 1. The highest BCUT2D eigenvalue weighted by Crippen LogP contribution is 2.36. The number of hydrogen-bond acceptors (Lipinski definition) is 3. The van der Waals surface area contributed by atoms with Crippen LogP contribution in [0.25, 0.3) is 0 Å². The fraction of sp³-hybridized carbons (Fsp3) is 0.125. The van der Waals surface area contributed by atoms with Crippen LogP contribution in [-0.4, -0.2) is 23.3 Å². The lowest BCUT2D eigenvalue weighted by atomic mass is 9.91. The maximum absolute atomic E-state index is 12.0. The number of carbonyl (C=O) groups excluding carboxylic acids is 2. The van der Waals surface area contributed by atoms with Gasteiger partial charge in [-0.25, -0.2) is 0 Å². The number of ether oxygens (including phenoxy) is 1.